The van der Waals surface area contributed by atoms with Gasteiger partial charge in [-0.2, -0.15) is 0 Å². The molecule has 2 rings (SSSR count). The van der Waals surface area contributed by atoms with Crippen LogP contribution in [0.5, 0.6) is 0 Å². The number of hydrogen-bond acceptors (Lipinski definition) is 3. The van der Waals surface area contributed by atoms with Crippen LogP contribution < -0.4 is 5.32 Å². The molecule has 3 nitrogen and oxygen atoms in total. The summed E-state index contributed by atoms with van der Waals surface area (Å²) < 4.78 is 0. The molecule has 1 fully saturated rings. The number of halogens is 1. The monoisotopic (exact) mass is 240 g/mol. The Morgan fingerprint density at radius 2 is 2.12 bits per heavy atom. The van der Waals surface area contributed by atoms with Gasteiger partial charge in [-0.05, 0) is 25.0 Å². The first-order valence-electron chi connectivity index (χ1n) is 5.75. The van der Waals surface area contributed by atoms with Crippen molar-refractivity contribution in [2.75, 3.05) is 11.9 Å². The predicted octanol–water partition coefficient (Wildman–Crippen LogP) is 2.84. The van der Waals surface area contributed by atoms with Gasteiger partial charge in [0.2, 0.25) is 0 Å². The molecule has 1 aromatic rings. The third-order valence-corrected chi connectivity index (χ3v) is 3.56. The van der Waals surface area contributed by atoms with Crippen LogP contribution in [0, 0.1) is 0 Å². The summed E-state index contributed by atoms with van der Waals surface area (Å²) >= 11 is 6.06. The van der Waals surface area contributed by atoms with E-state index in [4.69, 9.17) is 11.6 Å². The second-order valence-electron chi connectivity index (χ2n) is 4.46. The second-order valence-corrected chi connectivity index (χ2v) is 4.87. The van der Waals surface area contributed by atoms with E-state index in [2.05, 4.69) is 10.3 Å². The zero-order valence-corrected chi connectivity index (χ0v) is 10.0. The number of nitrogens with one attached hydrogen (secondary N) is 1. The van der Waals surface area contributed by atoms with Crippen LogP contribution in [0.4, 0.5) is 5.82 Å². The van der Waals surface area contributed by atoms with Crippen LogP contribution in [0.1, 0.15) is 32.1 Å². The van der Waals surface area contributed by atoms with E-state index >= 15 is 0 Å². The molecule has 0 amide bonds. The molecule has 0 aliphatic heterocycles. The standard InChI is InChI=1S/C12H17ClN2O/c13-10-5-4-8-14-11(10)15-12(9-16)6-2-1-3-7-12/h4-5,8,16H,1-3,6-7,9H2,(H,14,15). The molecule has 1 aliphatic rings. The number of hydrogen-bond donors (Lipinski definition) is 2. The van der Waals surface area contributed by atoms with Gasteiger partial charge in [0.05, 0.1) is 17.2 Å². The first kappa shape index (κ1) is 11.7. The van der Waals surface area contributed by atoms with Crippen molar-refractivity contribution in [2.45, 2.75) is 37.6 Å². The molecule has 0 saturated heterocycles. The minimum absolute atomic E-state index is 0.139. The largest absolute Gasteiger partial charge is 0.394 e. The van der Waals surface area contributed by atoms with Gasteiger partial charge in [-0.3, -0.25) is 0 Å². The molecule has 2 N–H and O–H groups in total. The van der Waals surface area contributed by atoms with E-state index in [0.717, 1.165) is 25.7 Å². The lowest BCUT2D eigenvalue weighted by Gasteiger charge is -2.37. The lowest BCUT2D eigenvalue weighted by molar-refractivity contribution is 0.172. The molecule has 0 atom stereocenters. The summed E-state index contributed by atoms with van der Waals surface area (Å²) in [4.78, 5) is 4.21. The maximum atomic E-state index is 9.56. The second kappa shape index (κ2) is 5.02. The highest BCUT2D eigenvalue weighted by Crippen LogP contribution is 2.32. The number of anilines is 1. The molecule has 1 saturated carbocycles. The molecule has 1 aromatic heterocycles. The van der Waals surface area contributed by atoms with E-state index in [-0.39, 0.29) is 12.1 Å². The summed E-state index contributed by atoms with van der Waals surface area (Å²) in [5.74, 6) is 0.681. The summed E-state index contributed by atoms with van der Waals surface area (Å²) in [6, 6.07) is 3.62. The number of nitrogens with zero attached hydrogens (tertiary/aromatic N) is 1. The fraction of sp³-hybridized carbons (Fsp3) is 0.583. The fourth-order valence-electron chi connectivity index (χ4n) is 2.28. The van der Waals surface area contributed by atoms with E-state index in [1.807, 2.05) is 6.07 Å². The van der Waals surface area contributed by atoms with Gasteiger partial charge < -0.3 is 10.4 Å². The van der Waals surface area contributed by atoms with Gasteiger partial charge >= 0.3 is 0 Å². The van der Waals surface area contributed by atoms with Crippen molar-refractivity contribution >= 4 is 17.4 Å². The first-order chi connectivity index (χ1) is 7.76. The molecule has 1 aliphatic carbocycles. The fourth-order valence-corrected chi connectivity index (χ4v) is 2.45. The molecule has 0 bridgehead atoms. The van der Waals surface area contributed by atoms with Crippen LogP contribution >= 0.6 is 11.6 Å². The SMILES string of the molecule is OCC1(Nc2ncccc2Cl)CCCCC1. The summed E-state index contributed by atoms with van der Waals surface area (Å²) in [7, 11) is 0. The van der Waals surface area contributed by atoms with Gasteiger partial charge in [-0.1, -0.05) is 30.9 Å². The lowest BCUT2D eigenvalue weighted by Crippen LogP contribution is -2.44. The lowest BCUT2D eigenvalue weighted by atomic mass is 9.82. The van der Waals surface area contributed by atoms with Gasteiger partial charge in [0, 0.05) is 6.20 Å². The Morgan fingerprint density at radius 3 is 2.75 bits per heavy atom. The molecule has 1 heterocycles. The Hall–Kier alpha value is -0.800. The van der Waals surface area contributed by atoms with E-state index in [1.54, 1.807) is 12.3 Å². The van der Waals surface area contributed by atoms with E-state index in [0.29, 0.717) is 10.8 Å². The highest BCUT2D eigenvalue weighted by atomic mass is 35.5. The summed E-state index contributed by atoms with van der Waals surface area (Å²) in [5, 5.41) is 13.5. The molecule has 0 aromatic carbocycles. The highest BCUT2D eigenvalue weighted by molar-refractivity contribution is 6.32. The summed E-state index contributed by atoms with van der Waals surface area (Å²) in [5.41, 5.74) is -0.226. The van der Waals surface area contributed by atoms with Gasteiger partial charge in [-0.15, -0.1) is 0 Å². The van der Waals surface area contributed by atoms with E-state index in [9.17, 15) is 5.11 Å². The average Bonchev–Trinajstić information content (AvgIpc) is 2.33. The van der Waals surface area contributed by atoms with Gasteiger partial charge in [-0.25, -0.2) is 4.98 Å². The quantitative estimate of drug-likeness (QED) is 0.854. The van der Waals surface area contributed by atoms with Gasteiger partial charge in [0.15, 0.2) is 0 Å². The first-order valence-corrected chi connectivity index (χ1v) is 6.13. The van der Waals surface area contributed by atoms with Crippen LogP contribution in [0.25, 0.3) is 0 Å². The molecular formula is C12H17ClN2O. The molecule has 0 radical (unpaired) electrons. The zero-order chi connectivity index (χ0) is 11.4. The van der Waals surface area contributed by atoms with Crippen molar-refractivity contribution in [1.82, 2.24) is 4.98 Å². The maximum Gasteiger partial charge on any atom is 0.145 e. The van der Waals surface area contributed by atoms with Crippen LogP contribution in [0.2, 0.25) is 5.02 Å². The third kappa shape index (κ3) is 2.47. The zero-order valence-electron chi connectivity index (χ0n) is 9.25. The molecule has 0 unspecified atom stereocenters. The molecule has 4 heteroatoms. The molecule has 16 heavy (non-hydrogen) atoms. The average molecular weight is 241 g/mol. The van der Waals surface area contributed by atoms with Crippen molar-refractivity contribution in [1.29, 1.82) is 0 Å². The minimum atomic E-state index is -0.226. The molecule has 0 spiro atoms. The van der Waals surface area contributed by atoms with Crippen LogP contribution in [0.3, 0.4) is 0 Å². The number of aliphatic hydroxyl groups excluding tert-OH is 1. The maximum absolute atomic E-state index is 9.56. The molecular weight excluding hydrogens is 224 g/mol. The Kier molecular flexibility index (Phi) is 3.66. The van der Waals surface area contributed by atoms with Crippen molar-refractivity contribution in [3.63, 3.8) is 0 Å². The van der Waals surface area contributed by atoms with E-state index < -0.39 is 0 Å². The Bertz CT molecular complexity index is 351. The molecule has 88 valence electrons. The summed E-state index contributed by atoms with van der Waals surface area (Å²) in [6.07, 6.45) is 7.23. The van der Waals surface area contributed by atoms with Crippen LogP contribution in [-0.2, 0) is 0 Å². The number of pyridine rings is 1. The topological polar surface area (TPSA) is 45.1 Å². The van der Waals surface area contributed by atoms with Crippen molar-refractivity contribution in [2.24, 2.45) is 0 Å². The van der Waals surface area contributed by atoms with Crippen LogP contribution in [0.15, 0.2) is 18.3 Å². The number of rotatable bonds is 3. The Balaban J connectivity index is 2.15. The van der Waals surface area contributed by atoms with Crippen LogP contribution in [-0.4, -0.2) is 22.2 Å². The van der Waals surface area contributed by atoms with E-state index in [1.165, 1.54) is 6.42 Å². The summed E-state index contributed by atoms with van der Waals surface area (Å²) in [6.45, 7) is 0.139. The minimum Gasteiger partial charge on any atom is -0.394 e. The third-order valence-electron chi connectivity index (χ3n) is 3.26. The van der Waals surface area contributed by atoms with Crippen molar-refractivity contribution < 1.29 is 5.11 Å². The Morgan fingerprint density at radius 1 is 1.38 bits per heavy atom. The van der Waals surface area contributed by atoms with Gasteiger partial charge in [0.1, 0.15) is 5.82 Å². The highest BCUT2D eigenvalue weighted by Gasteiger charge is 2.31. The number of aromatic nitrogens is 1. The predicted molar refractivity (Wildman–Crippen MR) is 65.8 cm³/mol. The number of aliphatic hydroxyl groups is 1. The van der Waals surface area contributed by atoms with Gasteiger partial charge in [0.25, 0.3) is 0 Å². The Labute approximate surface area is 101 Å². The smallest absolute Gasteiger partial charge is 0.145 e. The van der Waals surface area contributed by atoms with Crippen molar-refractivity contribution in [3.05, 3.63) is 23.4 Å². The normalized spacial score (nSPS) is 19.4. The van der Waals surface area contributed by atoms with Crippen molar-refractivity contribution in [3.8, 4) is 0 Å².